The Morgan fingerprint density at radius 3 is 2.39 bits per heavy atom. The Bertz CT molecular complexity index is 857. The monoisotopic (exact) mass is 380 g/mol. The van der Waals surface area contributed by atoms with Crippen LogP contribution in [0, 0.1) is 5.82 Å². The second kappa shape index (κ2) is 8.13. The molecule has 4 rings (SSSR count). The molecule has 0 heterocycles. The van der Waals surface area contributed by atoms with Crippen molar-refractivity contribution in [3.63, 3.8) is 0 Å². The predicted molar refractivity (Wildman–Crippen MR) is 105 cm³/mol. The number of nitrogens with one attached hydrogen (secondary N) is 1. The van der Waals surface area contributed by atoms with E-state index < -0.39 is 0 Å². The summed E-state index contributed by atoms with van der Waals surface area (Å²) in [6.45, 7) is 0.553. The fourth-order valence-corrected chi connectivity index (χ4v) is 3.35. The topological polar surface area (TPSA) is 49.4 Å². The van der Waals surface area contributed by atoms with Crippen LogP contribution < -0.4 is 5.32 Å². The molecule has 2 aromatic rings. The molecule has 0 unspecified atom stereocenters. The number of carbonyl (C=O) groups excluding carboxylic acids is 2. The van der Waals surface area contributed by atoms with Crippen molar-refractivity contribution in [3.05, 3.63) is 71.0 Å². The van der Waals surface area contributed by atoms with Crippen LogP contribution in [-0.2, 0) is 17.8 Å². The van der Waals surface area contributed by atoms with Crippen molar-refractivity contribution < 1.29 is 14.0 Å². The third kappa shape index (κ3) is 4.97. The molecule has 0 saturated heterocycles. The zero-order chi connectivity index (χ0) is 19.5. The van der Waals surface area contributed by atoms with Gasteiger partial charge in [-0.3, -0.25) is 9.59 Å². The first kappa shape index (κ1) is 18.7. The van der Waals surface area contributed by atoms with Gasteiger partial charge in [0.15, 0.2) is 0 Å². The van der Waals surface area contributed by atoms with Crippen molar-refractivity contribution in [3.8, 4) is 0 Å². The summed E-state index contributed by atoms with van der Waals surface area (Å²) in [7, 11) is 0. The fourth-order valence-electron chi connectivity index (χ4n) is 3.35. The lowest BCUT2D eigenvalue weighted by Crippen LogP contribution is -2.32. The van der Waals surface area contributed by atoms with Gasteiger partial charge in [0.1, 0.15) is 5.82 Å². The number of amides is 2. The van der Waals surface area contributed by atoms with Gasteiger partial charge in [0.05, 0.1) is 0 Å². The summed E-state index contributed by atoms with van der Waals surface area (Å²) in [6.07, 6.45) is 5.12. The molecule has 0 bridgehead atoms. The van der Waals surface area contributed by atoms with Gasteiger partial charge in [0, 0.05) is 30.6 Å². The molecule has 2 amide bonds. The van der Waals surface area contributed by atoms with E-state index >= 15 is 0 Å². The highest BCUT2D eigenvalue weighted by atomic mass is 19.1. The molecular formula is C23H25FN2O2. The lowest BCUT2D eigenvalue weighted by Gasteiger charge is -2.23. The Labute approximate surface area is 164 Å². The van der Waals surface area contributed by atoms with Crippen LogP contribution in [0.4, 0.5) is 4.39 Å². The van der Waals surface area contributed by atoms with Crippen LogP contribution in [0.3, 0.4) is 0 Å². The number of aryl methyl sites for hydroxylation is 1. The van der Waals surface area contributed by atoms with E-state index in [2.05, 4.69) is 5.32 Å². The quantitative estimate of drug-likeness (QED) is 0.756. The summed E-state index contributed by atoms with van der Waals surface area (Å²) in [5.41, 5.74) is 2.52. The molecule has 0 radical (unpaired) electrons. The molecule has 2 aliphatic carbocycles. The van der Waals surface area contributed by atoms with Crippen molar-refractivity contribution in [2.45, 2.75) is 57.2 Å². The Hall–Kier alpha value is -2.69. The molecule has 0 spiro atoms. The third-order valence-electron chi connectivity index (χ3n) is 5.31. The van der Waals surface area contributed by atoms with Gasteiger partial charge in [-0.25, -0.2) is 4.39 Å². The van der Waals surface area contributed by atoms with Crippen LogP contribution in [0.15, 0.2) is 48.5 Å². The lowest BCUT2D eigenvalue weighted by molar-refractivity contribution is -0.132. The van der Waals surface area contributed by atoms with Gasteiger partial charge >= 0.3 is 0 Å². The summed E-state index contributed by atoms with van der Waals surface area (Å²) < 4.78 is 13.3. The average molecular weight is 380 g/mol. The van der Waals surface area contributed by atoms with Gasteiger partial charge in [-0.1, -0.05) is 24.3 Å². The number of benzene rings is 2. The molecular weight excluding hydrogens is 355 g/mol. The van der Waals surface area contributed by atoms with Crippen LogP contribution in [-0.4, -0.2) is 28.8 Å². The number of hydrogen-bond acceptors (Lipinski definition) is 2. The zero-order valence-electron chi connectivity index (χ0n) is 15.9. The first-order valence-corrected chi connectivity index (χ1v) is 10.0. The number of hydrogen-bond donors (Lipinski definition) is 1. The maximum atomic E-state index is 13.3. The number of halogens is 1. The number of rotatable bonds is 8. The molecule has 5 heteroatoms. The van der Waals surface area contributed by atoms with E-state index in [1.54, 1.807) is 6.07 Å². The normalized spacial score (nSPS) is 15.9. The van der Waals surface area contributed by atoms with E-state index in [1.807, 2.05) is 35.2 Å². The van der Waals surface area contributed by atoms with E-state index in [1.165, 1.54) is 12.1 Å². The summed E-state index contributed by atoms with van der Waals surface area (Å²) in [4.78, 5) is 26.8. The molecule has 4 nitrogen and oxygen atoms in total. The highest BCUT2D eigenvalue weighted by molar-refractivity contribution is 5.94. The van der Waals surface area contributed by atoms with Gasteiger partial charge in [-0.15, -0.1) is 0 Å². The van der Waals surface area contributed by atoms with E-state index in [0.29, 0.717) is 37.0 Å². The summed E-state index contributed by atoms with van der Waals surface area (Å²) in [5, 5.41) is 2.98. The highest BCUT2D eigenvalue weighted by Crippen LogP contribution is 2.29. The van der Waals surface area contributed by atoms with E-state index in [9.17, 15) is 14.0 Å². The van der Waals surface area contributed by atoms with Crippen LogP contribution in [0.25, 0.3) is 0 Å². The predicted octanol–water partition coefficient (Wildman–Crippen LogP) is 3.84. The van der Waals surface area contributed by atoms with Gasteiger partial charge in [-0.05, 0) is 67.5 Å². The molecule has 0 aromatic heterocycles. The largest absolute Gasteiger partial charge is 0.349 e. The van der Waals surface area contributed by atoms with Gasteiger partial charge in [-0.2, -0.15) is 0 Å². The fraction of sp³-hybridized carbons (Fsp3) is 0.391. The Morgan fingerprint density at radius 1 is 1.00 bits per heavy atom. The van der Waals surface area contributed by atoms with Crippen LogP contribution in [0.2, 0.25) is 0 Å². The first-order chi connectivity index (χ1) is 13.6. The maximum Gasteiger partial charge on any atom is 0.251 e. The zero-order valence-corrected chi connectivity index (χ0v) is 15.9. The Balaban J connectivity index is 1.35. The molecule has 2 fully saturated rings. The summed E-state index contributed by atoms with van der Waals surface area (Å²) in [5.74, 6) is -0.198. The second-order valence-corrected chi connectivity index (χ2v) is 7.83. The molecule has 28 heavy (non-hydrogen) atoms. The van der Waals surface area contributed by atoms with Crippen molar-refractivity contribution in [2.75, 3.05) is 0 Å². The standard InChI is InChI=1S/C23H25FN2O2/c24-19-3-1-2-16(14-19)6-13-22(27)26(21-11-12-21)15-17-4-7-18(8-5-17)23(28)25-20-9-10-20/h1-5,7-8,14,20-21H,6,9-13,15H2,(H,25,28). The van der Waals surface area contributed by atoms with Crippen LogP contribution in [0.1, 0.15) is 53.6 Å². The lowest BCUT2D eigenvalue weighted by atomic mass is 10.1. The van der Waals surface area contributed by atoms with E-state index in [-0.39, 0.29) is 17.6 Å². The van der Waals surface area contributed by atoms with E-state index in [0.717, 1.165) is 36.8 Å². The Morgan fingerprint density at radius 2 is 1.75 bits per heavy atom. The van der Waals surface area contributed by atoms with E-state index in [4.69, 9.17) is 0 Å². The number of nitrogens with zero attached hydrogens (tertiary/aromatic N) is 1. The SMILES string of the molecule is O=C(NC1CC1)c1ccc(CN(C(=O)CCc2cccc(F)c2)C2CC2)cc1. The summed E-state index contributed by atoms with van der Waals surface area (Å²) in [6, 6.07) is 14.6. The second-order valence-electron chi connectivity index (χ2n) is 7.83. The average Bonchev–Trinajstić information content (AvgIpc) is 3.59. The highest BCUT2D eigenvalue weighted by Gasteiger charge is 2.32. The van der Waals surface area contributed by atoms with Gasteiger partial charge in [0.25, 0.3) is 5.91 Å². The van der Waals surface area contributed by atoms with Gasteiger partial charge < -0.3 is 10.2 Å². The molecule has 0 aliphatic heterocycles. The van der Waals surface area contributed by atoms with Gasteiger partial charge in [0.2, 0.25) is 5.91 Å². The molecule has 2 aliphatic rings. The molecule has 2 aromatic carbocycles. The van der Waals surface area contributed by atoms with Crippen LogP contribution >= 0.6 is 0 Å². The third-order valence-corrected chi connectivity index (χ3v) is 5.31. The minimum atomic E-state index is -0.269. The van der Waals surface area contributed by atoms with Crippen LogP contribution in [0.5, 0.6) is 0 Å². The Kier molecular flexibility index (Phi) is 5.42. The van der Waals surface area contributed by atoms with Crippen molar-refractivity contribution in [1.82, 2.24) is 10.2 Å². The molecule has 0 atom stereocenters. The first-order valence-electron chi connectivity index (χ1n) is 10.0. The molecule has 1 N–H and O–H groups in total. The summed E-state index contributed by atoms with van der Waals surface area (Å²) >= 11 is 0. The van der Waals surface area contributed by atoms with Crippen molar-refractivity contribution in [1.29, 1.82) is 0 Å². The molecule has 2 saturated carbocycles. The van der Waals surface area contributed by atoms with Crippen molar-refractivity contribution >= 4 is 11.8 Å². The smallest absolute Gasteiger partial charge is 0.251 e. The maximum absolute atomic E-state index is 13.3. The van der Waals surface area contributed by atoms with Crippen molar-refractivity contribution in [2.24, 2.45) is 0 Å². The minimum absolute atomic E-state index is 0.0285. The minimum Gasteiger partial charge on any atom is -0.349 e. The molecule has 146 valence electrons. The number of carbonyl (C=O) groups is 2.